The predicted molar refractivity (Wildman–Crippen MR) is 96.5 cm³/mol. The number of hydrogen-bond donors (Lipinski definition) is 3. The number of fused-ring (bicyclic) bond motifs is 1. The van der Waals surface area contributed by atoms with E-state index in [1.165, 1.54) is 10.9 Å². The van der Waals surface area contributed by atoms with E-state index in [1.807, 2.05) is 42.6 Å². The molecule has 0 atom stereocenters. The van der Waals surface area contributed by atoms with Crippen LogP contribution < -0.4 is 15.4 Å². The Balaban J connectivity index is 1.45. The van der Waals surface area contributed by atoms with Gasteiger partial charge < -0.3 is 20.4 Å². The fourth-order valence-electron chi connectivity index (χ4n) is 2.65. The normalized spacial score (nSPS) is 10.5. The highest BCUT2D eigenvalue weighted by molar-refractivity contribution is 5.83. The summed E-state index contributed by atoms with van der Waals surface area (Å²) in [5.74, 6) is 0.734. The lowest BCUT2D eigenvalue weighted by Gasteiger charge is -2.09. The number of carbonyl (C=O) groups is 1. The summed E-state index contributed by atoms with van der Waals surface area (Å²) >= 11 is 0. The Morgan fingerprint density at radius 3 is 2.92 bits per heavy atom. The maximum Gasteiger partial charge on any atom is 0.239 e. The number of amides is 1. The number of anilines is 1. The van der Waals surface area contributed by atoms with E-state index in [9.17, 15) is 4.79 Å². The molecule has 0 saturated carbocycles. The van der Waals surface area contributed by atoms with Gasteiger partial charge in [0.1, 0.15) is 5.75 Å². The minimum Gasteiger partial charge on any atom is -0.497 e. The fraction of sp³-hybridized carbons (Fsp3) is 0.211. The third kappa shape index (κ3) is 3.87. The highest BCUT2D eigenvalue weighted by Crippen LogP contribution is 2.18. The number of ether oxygens (including phenoxy) is 1. The summed E-state index contributed by atoms with van der Waals surface area (Å²) in [7, 11) is 1.62. The van der Waals surface area contributed by atoms with E-state index in [-0.39, 0.29) is 12.5 Å². The summed E-state index contributed by atoms with van der Waals surface area (Å²) in [4.78, 5) is 15.2. The first-order valence-corrected chi connectivity index (χ1v) is 7.96. The van der Waals surface area contributed by atoms with Crippen molar-refractivity contribution in [3.8, 4) is 5.75 Å². The number of H-pyrrole nitrogens is 1. The number of carbonyl (C=O) groups excluding carboxylic acids is 1. The van der Waals surface area contributed by atoms with E-state index < -0.39 is 0 Å². The highest BCUT2D eigenvalue weighted by Gasteiger charge is 2.05. The summed E-state index contributed by atoms with van der Waals surface area (Å²) < 4.78 is 5.16. The smallest absolute Gasteiger partial charge is 0.239 e. The number of hydrogen-bond acceptors (Lipinski definition) is 3. The van der Waals surface area contributed by atoms with Crippen LogP contribution in [0.4, 0.5) is 5.69 Å². The van der Waals surface area contributed by atoms with E-state index in [1.54, 1.807) is 7.11 Å². The van der Waals surface area contributed by atoms with Crippen LogP contribution in [0, 0.1) is 0 Å². The molecule has 124 valence electrons. The van der Waals surface area contributed by atoms with Gasteiger partial charge in [0.2, 0.25) is 5.91 Å². The summed E-state index contributed by atoms with van der Waals surface area (Å²) in [6.45, 7) is 0.849. The Morgan fingerprint density at radius 1 is 1.17 bits per heavy atom. The largest absolute Gasteiger partial charge is 0.497 e. The quantitative estimate of drug-likeness (QED) is 0.626. The molecule has 0 unspecified atom stereocenters. The molecule has 3 aromatic rings. The zero-order chi connectivity index (χ0) is 16.8. The average Bonchev–Trinajstić information content (AvgIpc) is 3.03. The molecule has 1 heterocycles. The second-order valence-electron chi connectivity index (χ2n) is 5.54. The number of aromatic amines is 1. The topological polar surface area (TPSA) is 66.2 Å². The molecule has 0 radical (unpaired) electrons. The predicted octanol–water partition coefficient (Wildman–Crippen LogP) is 2.95. The maximum atomic E-state index is 12.0. The van der Waals surface area contributed by atoms with Crippen LogP contribution in [0.5, 0.6) is 5.75 Å². The van der Waals surface area contributed by atoms with Gasteiger partial charge in [-0.2, -0.15) is 0 Å². The van der Waals surface area contributed by atoms with E-state index in [0.29, 0.717) is 6.54 Å². The lowest BCUT2D eigenvalue weighted by atomic mass is 10.1. The highest BCUT2D eigenvalue weighted by atomic mass is 16.5. The molecule has 0 bridgehead atoms. The van der Waals surface area contributed by atoms with Crippen molar-refractivity contribution >= 4 is 22.5 Å². The molecule has 3 rings (SSSR count). The minimum atomic E-state index is -0.0299. The molecule has 3 N–H and O–H groups in total. The first-order valence-electron chi connectivity index (χ1n) is 7.96. The maximum absolute atomic E-state index is 12.0. The molecule has 5 heteroatoms. The van der Waals surface area contributed by atoms with Crippen LogP contribution in [0.2, 0.25) is 0 Å². The van der Waals surface area contributed by atoms with Crippen molar-refractivity contribution in [3.63, 3.8) is 0 Å². The van der Waals surface area contributed by atoms with Gasteiger partial charge in [-0.05, 0) is 30.2 Å². The van der Waals surface area contributed by atoms with Crippen molar-refractivity contribution in [2.75, 3.05) is 25.5 Å². The van der Waals surface area contributed by atoms with Crippen LogP contribution in [0.3, 0.4) is 0 Å². The van der Waals surface area contributed by atoms with Gasteiger partial charge in [-0.1, -0.05) is 24.3 Å². The van der Waals surface area contributed by atoms with Crippen molar-refractivity contribution in [3.05, 3.63) is 60.3 Å². The van der Waals surface area contributed by atoms with Crippen LogP contribution in [-0.4, -0.2) is 31.1 Å². The number of methoxy groups -OCH3 is 1. The molecule has 2 aromatic carbocycles. The van der Waals surface area contributed by atoms with Crippen molar-refractivity contribution in [1.29, 1.82) is 0 Å². The van der Waals surface area contributed by atoms with Crippen molar-refractivity contribution in [2.24, 2.45) is 0 Å². The molecule has 0 aliphatic heterocycles. The molecule has 0 aliphatic rings. The van der Waals surface area contributed by atoms with Crippen molar-refractivity contribution in [1.82, 2.24) is 10.3 Å². The zero-order valence-corrected chi connectivity index (χ0v) is 13.6. The summed E-state index contributed by atoms with van der Waals surface area (Å²) in [6.07, 6.45) is 2.81. The number of aromatic nitrogens is 1. The van der Waals surface area contributed by atoms with Crippen LogP contribution in [0.15, 0.2) is 54.7 Å². The van der Waals surface area contributed by atoms with Gasteiger partial charge in [0.25, 0.3) is 0 Å². The molecule has 0 saturated heterocycles. The Hall–Kier alpha value is -2.95. The zero-order valence-electron chi connectivity index (χ0n) is 13.6. The van der Waals surface area contributed by atoms with E-state index in [2.05, 4.69) is 27.8 Å². The standard InChI is InChI=1S/C19H21N3O2/c1-24-16-6-4-5-15(11-16)21-13-19(23)20-10-9-14-12-22-18-8-3-2-7-17(14)18/h2-8,11-12,21-22H,9-10,13H2,1H3,(H,20,23). The van der Waals surface area contributed by atoms with Gasteiger partial charge in [-0.25, -0.2) is 0 Å². The van der Waals surface area contributed by atoms with Crippen LogP contribution >= 0.6 is 0 Å². The number of benzene rings is 2. The van der Waals surface area contributed by atoms with Crippen LogP contribution in [0.1, 0.15) is 5.56 Å². The third-order valence-electron chi connectivity index (χ3n) is 3.91. The van der Waals surface area contributed by atoms with Crippen molar-refractivity contribution in [2.45, 2.75) is 6.42 Å². The van der Waals surface area contributed by atoms with E-state index >= 15 is 0 Å². The third-order valence-corrected chi connectivity index (χ3v) is 3.91. The molecule has 0 spiro atoms. The summed E-state index contributed by atoms with van der Waals surface area (Å²) in [5, 5.41) is 7.24. The molecule has 0 fully saturated rings. The Bertz CT molecular complexity index is 826. The van der Waals surface area contributed by atoms with Gasteiger partial charge in [0, 0.05) is 35.4 Å². The Kier molecular flexibility index (Phi) is 5.01. The number of rotatable bonds is 7. The lowest BCUT2D eigenvalue weighted by Crippen LogP contribution is -2.31. The van der Waals surface area contributed by atoms with Crippen LogP contribution in [-0.2, 0) is 11.2 Å². The van der Waals surface area contributed by atoms with Gasteiger partial charge in [0.15, 0.2) is 0 Å². The lowest BCUT2D eigenvalue weighted by molar-refractivity contribution is -0.119. The summed E-state index contributed by atoms with van der Waals surface area (Å²) in [5.41, 5.74) is 3.20. The average molecular weight is 323 g/mol. The number of para-hydroxylation sites is 1. The van der Waals surface area contributed by atoms with Gasteiger partial charge in [0.05, 0.1) is 13.7 Å². The van der Waals surface area contributed by atoms with Gasteiger partial charge in [-0.3, -0.25) is 4.79 Å². The number of nitrogens with one attached hydrogen (secondary N) is 3. The molecular formula is C19H21N3O2. The Labute approximate surface area is 141 Å². The molecule has 1 aromatic heterocycles. The Morgan fingerprint density at radius 2 is 2.04 bits per heavy atom. The summed E-state index contributed by atoms with van der Waals surface area (Å²) in [6, 6.07) is 15.7. The first-order chi connectivity index (χ1) is 11.8. The molecule has 5 nitrogen and oxygen atoms in total. The van der Waals surface area contributed by atoms with Crippen molar-refractivity contribution < 1.29 is 9.53 Å². The molecule has 24 heavy (non-hydrogen) atoms. The second-order valence-corrected chi connectivity index (χ2v) is 5.54. The van der Waals surface area contributed by atoms with Gasteiger partial charge in [-0.15, -0.1) is 0 Å². The van der Waals surface area contributed by atoms with Gasteiger partial charge >= 0.3 is 0 Å². The SMILES string of the molecule is COc1cccc(NCC(=O)NCCc2c[nH]c3ccccc23)c1. The molecule has 0 aliphatic carbocycles. The monoisotopic (exact) mass is 323 g/mol. The fourth-order valence-corrected chi connectivity index (χ4v) is 2.65. The van der Waals surface area contributed by atoms with E-state index in [4.69, 9.17) is 4.74 Å². The minimum absolute atomic E-state index is 0.0299. The van der Waals surface area contributed by atoms with E-state index in [0.717, 1.165) is 23.4 Å². The van der Waals surface area contributed by atoms with Crippen LogP contribution in [0.25, 0.3) is 10.9 Å². The second kappa shape index (κ2) is 7.55. The first kappa shape index (κ1) is 15.9. The molecule has 1 amide bonds. The molecular weight excluding hydrogens is 302 g/mol.